The van der Waals surface area contributed by atoms with Crippen molar-refractivity contribution in [1.29, 1.82) is 0 Å². The van der Waals surface area contributed by atoms with Gasteiger partial charge in [-0.3, -0.25) is 9.59 Å². The number of rotatable bonds is 9. The number of amides is 2. The molecule has 1 atom stereocenters. The summed E-state index contributed by atoms with van der Waals surface area (Å²) in [6.45, 7) is 2.52. The summed E-state index contributed by atoms with van der Waals surface area (Å²) in [5, 5.41) is 0. The predicted octanol–water partition coefficient (Wildman–Crippen LogP) is 5.35. The molecule has 0 bridgehead atoms. The molecule has 7 nitrogen and oxygen atoms in total. The third-order valence-electron chi connectivity index (χ3n) is 7.78. The van der Waals surface area contributed by atoms with Gasteiger partial charge >= 0.3 is 0 Å². The number of carbonyl (C=O) groups excluding carboxylic acids is 2. The minimum Gasteiger partial charge on any atom is -0.493 e. The molecule has 3 fully saturated rings. The highest BCUT2D eigenvalue weighted by Gasteiger charge is 2.29. The Morgan fingerprint density at radius 1 is 1.03 bits per heavy atom. The molecular weight excluding hydrogens is 468 g/mol. The molecule has 2 aromatic rings. The zero-order chi connectivity index (χ0) is 25.6. The minimum atomic E-state index is 0.00846. The number of anilines is 1. The van der Waals surface area contributed by atoms with E-state index < -0.39 is 0 Å². The summed E-state index contributed by atoms with van der Waals surface area (Å²) in [7, 11) is 1.65. The van der Waals surface area contributed by atoms with Crippen LogP contribution in [0.15, 0.2) is 42.5 Å². The Balaban J connectivity index is 1.32. The van der Waals surface area contributed by atoms with Gasteiger partial charge in [-0.25, -0.2) is 0 Å². The fourth-order valence-electron chi connectivity index (χ4n) is 5.72. The van der Waals surface area contributed by atoms with Gasteiger partial charge in [0.2, 0.25) is 5.91 Å². The zero-order valence-electron chi connectivity index (χ0n) is 21.8. The van der Waals surface area contributed by atoms with E-state index in [2.05, 4.69) is 0 Å². The van der Waals surface area contributed by atoms with Crippen LogP contribution in [0.2, 0.25) is 0 Å². The van der Waals surface area contributed by atoms with Crippen molar-refractivity contribution in [2.45, 2.75) is 76.5 Å². The predicted molar refractivity (Wildman–Crippen MR) is 142 cm³/mol. The lowest BCUT2D eigenvalue weighted by Gasteiger charge is -2.30. The first kappa shape index (κ1) is 25.6. The van der Waals surface area contributed by atoms with Crippen LogP contribution in [-0.2, 0) is 16.1 Å². The number of methoxy groups -OCH3 is 1. The maximum absolute atomic E-state index is 13.8. The van der Waals surface area contributed by atoms with E-state index in [0.29, 0.717) is 43.2 Å². The molecule has 2 heterocycles. The molecule has 0 spiro atoms. The normalized spacial score (nSPS) is 20.3. The maximum Gasteiger partial charge on any atom is 0.254 e. The van der Waals surface area contributed by atoms with Gasteiger partial charge in [0, 0.05) is 43.4 Å². The number of carbonyl (C=O) groups is 2. The number of nitrogens with zero attached hydrogens (tertiary/aromatic N) is 2. The van der Waals surface area contributed by atoms with Gasteiger partial charge < -0.3 is 24.0 Å². The van der Waals surface area contributed by atoms with E-state index in [1.807, 2.05) is 47.4 Å². The van der Waals surface area contributed by atoms with Crippen LogP contribution >= 0.6 is 0 Å². The number of ether oxygens (including phenoxy) is 3. The summed E-state index contributed by atoms with van der Waals surface area (Å²) < 4.78 is 17.5. The Hall–Kier alpha value is -3.06. The lowest BCUT2D eigenvalue weighted by molar-refractivity contribution is -0.117. The van der Waals surface area contributed by atoms with E-state index in [9.17, 15) is 9.59 Å². The van der Waals surface area contributed by atoms with E-state index in [0.717, 1.165) is 62.8 Å². The fraction of sp³-hybridized carbons (Fsp3) is 0.533. The standard InChI is InChI=1S/C30H38N2O5/c1-35-28-18-22(14-15-27(28)37-21-26-12-4-5-17-36-26)20-32(24-9-2-3-10-24)30(34)23-8-6-11-25(19-23)31-16-7-13-29(31)33/h6,8,11,14-15,18-19,24,26H,2-5,7,9-10,12-13,16-17,20-21H2,1H3. The molecule has 1 unspecified atom stereocenters. The van der Waals surface area contributed by atoms with Gasteiger partial charge in [-0.2, -0.15) is 0 Å². The molecule has 3 aliphatic rings. The van der Waals surface area contributed by atoms with Crippen LogP contribution in [0.3, 0.4) is 0 Å². The van der Waals surface area contributed by atoms with Gasteiger partial charge in [-0.15, -0.1) is 0 Å². The molecule has 0 aromatic heterocycles. The molecule has 1 saturated carbocycles. The smallest absolute Gasteiger partial charge is 0.254 e. The Morgan fingerprint density at radius 2 is 1.86 bits per heavy atom. The van der Waals surface area contributed by atoms with E-state index in [-0.39, 0.29) is 24.0 Å². The first-order valence-corrected chi connectivity index (χ1v) is 13.7. The minimum absolute atomic E-state index is 0.00846. The van der Waals surface area contributed by atoms with Crippen molar-refractivity contribution < 1.29 is 23.8 Å². The van der Waals surface area contributed by atoms with Crippen LogP contribution in [0.25, 0.3) is 0 Å². The van der Waals surface area contributed by atoms with Gasteiger partial charge in [0.25, 0.3) is 5.91 Å². The van der Waals surface area contributed by atoms with Crippen molar-refractivity contribution >= 4 is 17.5 Å². The van der Waals surface area contributed by atoms with Crippen LogP contribution in [0.4, 0.5) is 5.69 Å². The quantitative estimate of drug-likeness (QED) is 0.458. The molecule has 198 valence electrons. The average Bonchev–Trinajstić information content (AvgIpc) is 3.63. The summed E-state index contributed by atoms with van der Waals surface area (Å²) in [4.78, 5) is 29.9. The first-order chi connectivity index (χ1) is 18.1. The van der Waals surface area contributed by atoms with Gasteiger partial charge in [0.1, 0.15) is 6.61 Å². The second-order valence-corrected chi connectivity index (χ2v) is 10.4. The lowest BCUT2D eigenvalue weighted by Crippen LogP contribution is -2.38. The Bertz CT molecular complexity index is 1090. The first-order valence-electron chi connectivity index (χ1n) is 13.7. The van der Waals surface area contributed by atoms with Gasteiger partial charge in [-0.1, -0.05) is 25.0 Å². The topological polar surface area (TPSA) is 68.3 Å². The molecule has 2 amide bonds. The Kier molecular flexibility index (Phi) is 8.29. The molecule has 7 heteroatoms. The van der Waals surface area contributed by atoms with E-state index >= 15 is 0 Å². The third kappa shape index (κ3) is 6.09. The van der Waals surface area contributed by atoms with Crippen LogP contribution < -0.4 is 14.4 Å². The highest BCUT2D eigenvalue weighted by molar-refractivity contribution is 5.99. The van der Waals surface area contributed by atoms with Gasteiger partial charge in [0.15, 0.2) is 11.5 Å². The summed E-state index contributed by atoms with van der Waals surface area (Å²) in [5.41, 5.74) is 2.44. The van der Waals surface area contributed by atoms with Crippen molar-refractivity contribution in [3.8, 4) is 11.5 Å². The van der Waals surface area contributed by atoms with Crippen LogP contribution in [0.5, 0.6) is 11.5 Å². The van der Waals surface area contributed by atoms with Crippen LogP contribution in [0.1, 0.15) is 73.7 Å². The molecule has 0 N–H and O–H groups in total. The summed E-state index contributed by atoms with van der Waals surface area (Å²) in [6, 6.07) is 13.7. The summed E-state index contributed by atoms with van der Waals surface area (Å²) in [6.07, 6.45) is 9.16. The van der Waals surface area contributed by atoms with E-state index in [1.165, 1.54) is 6.42 Å². The molecule has 2 saturated heterocycles. The number of hydrogen-bond acceptors (Lipinski definition) is 5. The average molecular weight is 507 g/mol. The van der Waals surface area contributed by atoms with E-state index in [1.54, 1.807) is 12.0 Å². The zero-order valence-corrected chi connectivity index (χ0v) is 21.8. The Labute approximate surface area is 219 Å². The molecule has 2 aliphatic heterocycles. The van der Waals surface area contributed by atoms with Gasteiger partial charge in [-0.05, 0) is 74.4 Å². The largest absolute Gasteiger partial charge is 0.493 e. The summed E-state index contributed by atoms with van der Waals surface area (Å²) in [5.74, 6) is 1.50. The van der Waals surface area contributed by atoms with Crippen molar-refractivity contribution in [3.63, 3.8) is 0 Å². The highest BCUT2D eigenvalue weighted by Crippen LogP contribution is 2.32. The SMILES string of the molecule is COc1cc(CN(C(=O)c2cccc(N3CCCC3=O)c2)C2CCCC2)ccc1OCC1CCCCO1. The molecule has 1 aliphatic carbocycles. The van der Waals surface area contributed by atoms with Crippen molar-refractivity contribution in [2.24, 2.45) is 0 Å². The molecule has 5 rings (SSSR count). The number of hydrogen-bond donors (Lipinski definition) is 0. The van der Waals surface area contributed by atoms with E-state index in [4.69, 9.17) is 14.2 Å². The van der Waals surface area contributed by atoms with Crippen molar-refractivity contribution in [2.75, 3.05) is 31.8 Å². The lowest BCUT2D eigenvalue weighted by atomic mass is 10.1. The summed E-state index contributed by atoms with van der Waals surface area (Å²) >= 11 is 0. The number of benzene rings is 2. The second kappa shape index (κ2) is 12.0. The van der Waals surface area contributed by atoms with Crippen LogP contribution in [-0.4, -0.2) is 55.7 Å². The highest BCUT2D eigenvalue weighted by atomic mass is 16.5. The fourth-order valence-corrected chi connectivity index (χ4v) is 5.72. The molecule has 37 heavy (non-hydrogen) atoms. The molecular formula is C30H38N2O5. The third-order valence-corrected chi connectivity index (χ3v) is 7.78. The van der Waals surface area contributed by atoms with Crippen LogP contribution in [0, 0.1) is 0 Å². The molecule has 0 radical (unpaired) electrons. The maximum atomic E-state index is 13.8. The molecule has 2 aromatic carbocycles. The second-order valence-electron chi connectivity index (χ2n) is 10.4. The Morgan fingerprint density at radius 3 is 2.59 bits per heavy atom. The van der Waals surface area contributed by atoms with Gasteiger partial charge in [0.05, 0.1) is 13.2 Å². The van der Waals surface area contributed by atoms with Crippen molar-refractivity contribution in [3.05, 3.63) is 53.6 Å². The van der Waals surface area contributed by atoms with Crippen molar-refractivity contribution in [1.82, 2.24) is 4.90 Å². The monoisotopic (exact) mass is 506 g/mol.